The first-order valence-electron chi connectivity index (χ1n) is 8.60. The molecule has 0 aromatic carbocycles. The van der Waals surface area contributed by atoms with Crippen LogP contribution in [0.4, 0.5) is 0 Å². The second-order valence-corrected chi connectivity index (χ2v) is 8.23. The Bertz CT molecular complexity index is 733. The number of oxazole rings is 1. The van der Waals surface area contributed by atoms with E-state index in [1.165, 1.54) is 11.5 Å². The van der Waals surface area contributed by atoms with Crippen LogP contribution in [0.3, 0.4) is 0 Å². The number of carbonyl (C=O) groups excluding carboxylic acids is 1. The number of amides is 1. The number of nitrogens with zero attached hydrogens (tertiary/aromatic N) is 5. The smallest absolute Gasteiger partial charge is 0.267 e. The number of carbonyl (C=O) groups is 1. The van der Waals surface area contributed by atoms with E-state index in [1.54, 1.807) is 0 Å². The number of aryl methyl sites for hydroxylation is 1. The van der Waals surface area contributed by atoms with E-state index in [1.807, 2.05) is 18.0 Å². The highest BCUT2D eigenvalue weighted by atomic mass is 32.1. The third-order valence-electron chi connectivity index (χ3n) is 4.37. The average molecular weight is 363 g/mol. The van der Waals surface area contributed by atoms with E-state index in [2.05, 4.69) is 40.2 Å². The van der Waals surface area contributed by atoms with Gasteiger partial charge in [0.25, 0.3) is 5.91 Å². The molecular formula is C17H25N5O2S. The van der Waals surface area contributed by atoms with Crippen molar-refractivity contribution < 1.29 is 9.21 Å². The van der Waals surface area contributed by atoms with E-state index in [0.717, 1.165) is 37.7 Å². The van der Waals surface area contributed by atoms with Gasteiger partial charge in [-0.15, -0.1) is 5.10 Å². The lowest BCUT2D eigenvalue weighted by atomic mass is 9.94. The molecule has 1 aliphatic heterocycles. The van der Waals surface area contributed by atoms with Crippen LogP contribution in [0.15, 0.2) is 10.6 Å². The monoisotopic (exact) mass is 363 g/mol. The molecule has 3 rings (SSSR count). The first kappa shape index (κ1) is 18.0. The quantitative estimate of drug-likeness (QED) is 0.834. The molecule has 0 saturated carbocycles. The Hall–Kier alpha value is -1.80. The number of hydrogen-bond acceptors (Lipinski definition) is 7. The van der Waals surface area contributed by atoms with Crippen LogP contribution in [-0.2, 0) is 12.0 Å². The van der Waals surface area contributed by atoms with Crippen molar-refractivity contribution in [3.8, 4) is 0 Å². The molecule has 0 atom stereocenters. The predicted molar refractivity (Wildman–Crippen MR) is 95.6 cm³/mol. The maximum Gasteiger partial charge on any atom is 0.267 e. The Morgan fingerprint density at radius 3 is 2.72 bits per heavy atom. The van der Waals surface area contributed by atoms with Crippen molar-refractivity contribution in [2.75, 3.05) is 26.2 Å². The van der Waals surface area contributed by atoms with Crippen molar-refractivity contribution in [1.82, 2.24) is 24.4 Å². The van der Waals surface area contributed by atoms with Crippen LogP contribution >= 0.6 is 11.5 Å². The largest absolute Gasteiger partial charge is 0.444 e. The molecule has 1 aliphatic rings. The molecule has 25 heavy (non-hydrogen) atoms. The fourth-order valence-corrected chi connectivity index (χ4v) is 3.45. The van der Waals surface area contributed by atoms with Crippen LogP contribution in [0.5, 0.6) is 0 Å². The lowest BCUT2D eigenvalue weighted by Gasteiger charge is -2.20. The zero-order valence-electron chi connectivity index (χ0n) is 15.3. The molecular weight excluding hydrogens is 338 g/mol. The normalized spacial score (nSPS) is 16.9. The molecule has 1 saturated heterocycles. The lowest BCUT2D eigenvalue weighted by molar-refractivity contribution is 0.0764. The zero-order chi connectivity index (χ0) is 18.0. The third kappa shape index (κ3) is 4.24. The summed E-state index contributed by atoms with van der Waals surface area (Å²) >= 11 is 1.18. The molecule has 8 heteroatoms. The summed E-state index contributed by atoms with van der Waals surface area (Å²) in [5.74, 6) is 1.69. The van der Waals surface area contributed by atoms with Gasteiger partial charge < -0.3 is 9.32 Å². The van der Waals surface area contributed by atoms with Crippen molar-refractivity contribution in [2.24, 2.45) is 0 Å². The summed E-state index contributed by atoms with van der Waals surface area (Å²) in [6.07, 6.45) is 2.76. The molecule has 0 radical (unpaired) electrons. The van der Waals surface area contributed by atoms with Crippen molar-refractivity contribution >= 4 is 17.4 Å². The highest BCUT2D eigenvalue weighted by Crippen LogP contribution is 2.23. The van der Waals surface area contributed by atoms with Crippen LogP contribution in [0.1, 0.15) is 54.2 Å². The number of rotatable bonds is 3. The van der Waals surface area contributed by atoms with Crippen molar-refractivity contribution in [3.05, 3.63) is 28.4 Å². The van der Waals surface area contributed by atoms with E-state index in [-0.39, 0.29) is 11.3 Å². The van der Waals surface area contributed by atoms with Gasteiger partial charge in [0.1, 0.15) is 10.6 Å². The highest BCUT2D eigenvalue weighted by Gasteiger charge is 2.25. The second-order valence-electron chi connectivity index (χ2n) is 7.48. The van der Waals surface area contributed by atoms with Gasteiger partial charge >= 0.3 is 0 Å². The molecule has 0 unspecified atom stereocenters. The van der Waals surface area contributed by atoms with Gasteiger partial charge in [0.2, 0.25) is 5.89 Å². The summed E-state index contributed by atoms with van der Waals surface area (Å²) in [6, 6.07) is 0. The Balaban J connectivity index is 1.59. The topological polar surface area (TPSA) is 75.4 Å². The standard InChI is InChI=1S/C17H25N5O2S/c1-12-15(25-20-19-12)16(23)22-7-5-6-21(8-9-22)11-14-18-10-13(24-14)17(2,3)4/h10H,5-9,11H2,1-4H3. The molecule has 1 fully saturated rings. The van der Waals surface area contributed by atoms with E-state index in [9.17, 15) is 4.79 Å². The van der Waals surface area contributed by atoms with Gasteiger partial charge in [-0.1, -0.05) is 25.3 Å². The van der Waals surface area contributed by atoms with Crippen molar-refractivity contribution in [2.45, 2.75) is 46.1 Å². The molecule has 1 amide bonds. The molecule has 7 nitrogen and oxygen atoms in total. The molecule has 3 heterocycles. The average Bonchev–Trinajstić information content (AvgIpc) is 3.11. The van der Waals surface area contributed by atoms with E-state index >= 15 is 0 Å². The van der Waals surface area contributed by atoms with Crippen LogP contribution in [0.2, 0.25) is 0 Å². The molecule has 0 bridgehead atoms. The summed E-state index contributed by atoms with van der Waals surface area (Å²) in [4.78, 5) is 21.9. The maximum absolute atomic E-state index is 12.6. The minimum atomic E-state index is -0.0338. The molecule has 0 N–H and O–H groups in total. The first-order chi connectivity index (χ1) is 11.8. The summed E-state index contributed by atoms with van der Waals surface area (Å²) in [7, 11) is 0. The van der Waals surface area contributed by atoms with Gasteiger partial charge in [0, 0.05) is 31.6 Å². The summed E-state index contributed by atoms with van der Waals surface area (Å²) in [5.41, 5.74) is 0.680. The molecule has 2 aromatic rings. The second kappa shape index (κ2) is 7.21. The van der Waals surface area contributed by atoms with E-state index < -0.39 is 0 Å². The third-order valence-corrected chi connectivity index (χ3v) is 5.19. The van der Waals surface area contributed by atoms with Crippen molar-refractivity contribution in [1.29, 1.82) is 0 Å². The first-order valence-corrected chi connectivity index (χ1v) is 9.37. The van der Waals surface area contributed by atoms with Gasteiger partial charge in [-0.3, -0.25) is 9.69 Å². The number of hydrogen-bond donors (Lipinski definition) is 0. The summed E-state index contributed by atoms with van der Waals surface area (Å²) < 4.78 is 9.76. The van der Waals surface area contributed by atoms with Gasteiger partial charge in [0.15, 0.2) is 0 Å². The molecule has 2 aromatic heterocycles. The zero-order valence-corrected chi connectivity index (χ0v) is 16.1. The Morgan fingerprint density at radius 1 is 1.28 bits per heavy atom. The number of aromatic nitrogens is 3. The van der Waals surface area contributed by atoms with Gasteiger partial charge in [0.05, 0.1) is 18.4 Å². The predicted octanol–water partition coefficient (Wildman–Crippen LogP) is 2.48. The Morgan fingerprint density at radius 2 is 2.08 bits per heavy atom. The Labute approximate surface area is 152 Å². The van der Waals surface area contributed by atoms with Gasteiger partial charge in [-0.25, -0.2) is 4.98 Å². The maximum atomic E-state index is 12.6. The van der Waals surface area contributed by atoms with Crippen LogP contribution in [-0.4, -0.2) is 56.5 Å². The van der Waals surface area contributed by atoms with Crippen LogP contribution in [0.25, 0.3) is 0 Å². The van der Waals surface area contributed by atoms with Crippen LogP contribution < -0.4 is 0 Å². The molecule has 0 spiro atoms. The highest BCUT2D eigenvalue weighted by molar-refractivity contribution is 7.07. The fourth-order valence-electron chi connectivity index (χ4n) is 2.82. The molecule has 0 aliphatic carbocycles. The van der Waals surface area contributed by atoms with Gasteiger partial charge in [-0.2, -0.15) is 0 Å². The Kier molecular flexibility index (Phi) is 5.19. The van der Waals surface area contributed by atoms with E-state index in [4.69, 9.17) is 4.42 Å². The summed E-state index contributed by atoms with van der Waals surface area (Å²) in [5, 5.41) is 3.94. The van der Waals surface area contributed by atoms with Crippen LogP contribution in [0, 0.1) is 6.92 Å². The molecule has 136 valence electrons. The fraction of sp³-hybridized carbons (Fsp3) is 0.647. The lowest BCUT2D eigenvalue weighted by Crippen LogP contribution is -2.35. The van der Waals surface area contributed by atoms with Crippen molar-refractivity contribution in [3.63, 3.8) is 0 Å². The van der Waals surface area contributed by atoms with Gasteiger partial charge in [-0.05, 0) is 24.9 Å². The van der Waals surface area contributed by atoms with E-state index in [0.29, 0.717) is 23.7 Å². The SMILES string of the molecule is Cc1nnsc1C(=O)N1CCCN(Cc2ncc(C(C)(C)C)o2)CC1. The minimum Gasteiger partial charge on any atom is -0.444 e. The summed E-state index contributed by atoms with van der Waals surface area (Å²) in [6.45, 7) is 12.0. The minimum absolute atomic E-state index is 0.0338.